The third-order valence-corrected chi connectivity index (χ3v) is 3.61. The zero-order valence-electron chi connectivity index (χ0n) is 10.2. The minimum Gasteiger partial charge on any atom is -0.384 e. The zero-order chi connectivity index (χ0) is 12.0. The van der Waals surface area contributed by atoms with Crippen molar-refractivity contribution in [2.75, 3.05) is 5.73 Å². The van der Waals surface area contributed by atoms with Crippen LogP contribution in [0, 0.1) is 6.92 Å². The fraction of sp³-hybridized carbons (Fsp3) is 0.357. The van der Waals surface area contributed by atoms with Crippen LogP contribution >= 0.6 is 0 Å². The van der Waals surface area contributed by atoms with Crippen molar-refractivity contribution in [2.45, 2.75) is 25.2 Å². The number of nitrogens with two attached hydrogens (primary N) is 1. The van der Waals surface area contributed by atoms with E-state index >= 15 is 0 Å². The van der Waals surface area contributed by atoms with Crippen molar-refractivity contribution in [3.8, 4) is 0 Å². The average Bonchev–Trinajstić information content (AvgIpc) is 3.02. The summed E-state index contributed by atoms with van der Waals surface area (Å²) in [7, 11) is 1.89. The molecule has 3 heteroatoms. The third kappa shape index (κ3) is 1.82. The van der Waals surface area contributed by atoms with E-state index in [1.54, 1.807) is 4.68 Å². The molecule has 1 fully saturated rings. The van der Waals surface area contributed by atoms with Crippen molar-refractivity contribution in [1.82, 2.24) is 9.78 Å². The maximum Gasteiger partial charge on any atom is 0.121 e. The van der Waals surface area contributed by atoms with Gasteiger partial charge in [0.15, 0.2) is 0 Å². The highest BCUT2D eigenvalue weighted by Crippen LogP contribution is 2.54. The first kappa shape index (κ1) is 10.4. The van der Waals surface area contributed by atoms with Crippen molar-refractivity contribution in [2.24, 2.45) is 7.05 Å². The topological polar surface area (TPSA) is 43.8 Å². The van der Waals surface area contributed by atoms with E-state index in [9.17, 15) is 0 Å². The van der Waals surface area contributed by atoms with Gasteiger partial charge in [0, 0.05) is 19.0 Å². The maximum atomic E-state index is 5.81. The Morgan fingerprint density at radius 1 is 1.24 bits per heavy atom. The molecule has 1 aromatic carbocycles. The summed E-state index contributed by atoms with van der Waals surface area (Å²) >= 11 is 0. The molecule has 0 saturated heterocycles. The van der Waals surface area contributed by atoms with E-state index in [1.165, 1.54) is 17.5 Å². The van der Waals surface area contributed by atoms with Crippen molar-refractivity contribution >= 4 is 5.82 Å². The molecular formula is C14H17N3. The second-order valence-corrected chi connectivity index (χ2v) is 4.98. The van der Waals surface area contributed by atoms with Gasteiger partial charge in [0.05, 0.1) is 5.69 Å². The predicted octanol–water partition coefficient (Wildman–Crippen LogP) is 2.58. The zero-order valence-corrected chi connectivity index (χ0v) is 10.2. The van der Waals surface area contributed by atoms with Crippen molar-refractivity contribution in [1.29, 1.82) is 0 Å². The summed E-state index contributed by atoms with van der Waals surface area (Å²) in [5.41, 5.74) is 9.68. The van der Waals surface area contributed by atoms with Gasteiger partial charge < -0.3 is 5.73 Å². The SMILES string of the molecule is Cc1ccc([C@@H]2C[C@H]2c2cc(N)n(C)n2)cc1. The van der Waals surface area contributed by atoms with Gasteiger partial charge in [-0.2, -0.15) is 5.10 Å². The van der Waals surface area contributed by atoms with Gasteiger partial charge in [-0.15, -0.1) is 0 Å². The maximum absolute atomic E-state index is 5.81. The highest BCUT2D eigenvalue weighted by molar-refractivity contribution is 5.39. The number of hydrogen-bond donors (Lipinski definition) is 1. The number of rotatable bonds is 2. The molecule has 0 bridgehead atoms. The molecule has 1 aromatic heterocycles. The number of aryl methyl sites for hydroxylation is 2. The van der Waals surface area contributed by atoms with Gasteiger partial charge in [0.2, 0.25) is 0 Å². The summed E-state index contributed by atoms with van der Waals surface area (Å²) in [4.78, 5) is 0. The molecule has 88 valence electrons. The average molecular weight is 227 g/mol. The van der Waals surface area contributed by atoms with Gasteiger partial charge in [-0.05, 0) is 24.8 Å². The second kappa shape index (κ2) is 3.62. The molecule has 1 saturated carbocycles. The van der Waals surface area contributed by atoms with Crippen LogP contribution in [0.4, 0.5) is 5.82 Å². The quantitative estimate of drug-likeness (QED) is 0.857. The Kier molecular flexibility index (Phi) is 2.21. The van der Waals surface area contributed by atoms with E-state index in [1.807, 2.05) is 13.1 Å². The molecule has 0 spiro atoms. The van der Waals surface area contributed by atoms with Crippen LogP contribution in [0.3, 0.4) is 0 Å². The highest BCUT2D eigenvalue weighted by Gasteiger charge is 2.41. The smallest absolute Gasteiger partial charge is 0.121 e. The molecule has 0 radical (unpaired) electrons. The fourth-order valence-corrected chi connectivity index (χ4v) is 2.39. The van der Waals surface area contributed by atoms with E-state index in [4.69, 9.17) is 5.73 Å². The van der Waals surface area contributed by atoms with Crippen LogP contribution in [-0.2, 0) is 7.05 Å². The first-order valence-electron chi connectivity index (χ1n) is 6.01. The van der Waals surface area contributed by atoms with Crippen molar-refractivity contribution in [3.63, 3.8) is 0 Å². The van der Waals surface area contributed by atoms with Gasteiger partial charge in [0.25, 0.3) is 0 Å². The van der Waals surface area contributed by atoms with Gasteiger partial charge in [0.1, 0.15) is 5.82 Å². The Morgan fingerprint density at radius 3 is 2.53 bits per heavy atom. The Labute approximate surface area is 101 Å². The second-order valence-electron chi connectivity index (χ2n) is 4.98. The van der Waals surface area contributed by atoms with E-state index in [2.05, 4.69) is 36.3 Å². The summed E-state index contributed by atoms with van der Waals surface area (Å²) in [6, 6.07) is 10.8. The Hall–Kier alpha value is -1.77. The van der Waals surface area contributed by atoms with Crippen LogP contribution in [0.25, 0.3) is 0 Å². The molecule has 2 atom stereocenters. The number of benzene rings is 1. The molecular weight excluding hydrogens is 210 g/mol. The molecule has 3 nitrogen and oxygen atoms in total. The van der Waals surface area contributed by atoms with Crippen molar-refractivity contribution < 1.29 is 0 Å². The molecule has 2 N–H and O–H groups in total. The first-order valence-corrected chi connectivity index (χ1v) is 6.01. The van der Waals surface area contributed by atoms with Crippen LogP contribution in [0.1, 0.15) is 35.1 Å². The van der Waals surface area contributed by atoms with Crippen LogP contribution in [0.5, 0.6) is 0 Å². The lowest BCUT2D eigenvalue weighted by atomic mass is 10.1. The molecule has 1 heterocycles. The fourth-order valence-electron chi connectivity index (χ4n) is 2.39. The monoisotopic (exact) mass is 227 g/mol. The van der Waals surface area contributed by atoms with Crippen LogP contribution in [-0.4, -0.2) is 9.78 Å². The van der Waals surface area contributed by atoms with Crippen LogP contribution < -0.4 is 5.73 Å². The van der Waals surface area contributed by atoms with E-state index < -0.39 is 0 Å². The van der Waals surface area contributed by atoms with Gasteiger partial charge >= 0.3 is 0 Å². The lowest BCUT2D eigenvalue weighted by Crippen LogP contribution is -1.97. The minimum atomic E-state index is 0.557. The lowest BCUT2D eigenvalue weighted by molar-refractivity contribution is 0.749. The van der Waals surface area contributed by atoms with E-state index in [-0.39, 0.29) is 0 Å². The molecule has 1 aliphatic rings. The molecule has 2 aromatic rings. The van der Waals surface area contributed by atoms with Crippen LogP contribution in [0.2, 0.25) is 0 Å². The molecule has 0 aliphatic heterocycles. The molecule has 0 amide bonds. The Bertz CT molecular complexity index is 520. The number of nitrogen functional groups attached to an aromatic ring is 1. The summed E-state index contributed by atoms with van der Waals surface area (Å²) in [6.07, 6.45) is 1.19. The summed E-state index contributed by atoms with van der Waals surface area (Å²) in [6.45, 7) is 2.12. The number of hydrogen-bond acceptors (Lipinski definition) is 2. The molecule has 0 unspecified atom stereocenters. The van der Waals surface area contributed by atoms with E-state index in [0.29, 0.717) is 11.8 Å². The summed E-state index contributed by atoms with van der Waals surface area (Å²) < 4.78 is 1.75. The standard InChI is InChI=1S/C14H17N3/c1-9-3-5-10(6-4-9)11-7-12(11)13-8-14(15)17(2)16-13/h3-6,8,11-12H,7,15H2,1-2H3/t11-,12+/m0/s1. The predicted molar refractivity (Wildman–Crippen MR) is 68.9 cm³/mol. The first-order chi connectivity index (χ1) is 8.15. The number of aromatic nitrogens is 2. The van der Waals surface area contributed by atoms with Crippen LogP contribution in [0.15, 0.2) is 30.3 Å². The summed E-state index contributed by atoms with van der Waals surface area (Å²) in [5, 5.41) is 4.46. The number of anilines is 1. The minimum absolute atomic E-state index is 0.557. The molecule has 17 heavy (non-hydrogen) atoms. The Morgan fingerprint density at radius 2 is 1.94 bits per heavy atom. The normalized spacial score (nSPS) is 22.7. The van der Waals surface area contributed by atoms with Gasteiger partial charge in [-0.25, -0.2) is 0 Å². The van der Waals surface area contributed by atoms with Gasteiger partial charge in [-0.1, -0.05) is 29.8 Å². The third-order valence-electron chi connectivity index (χ3n) is 3.61. The van der Waals surface area contributed by atoms with Crippen molar-refractivity contribution in [3.05, 3.63) is 47.2 Å². The molecule has 1 aliphatic carbocycles. The van der Waals surface area contributed by atoms with E-state index in [0.717, 1.165) is 11.5 Å². The molecule has 3 rings (SSSR count). The lowest BCUT2D eigenvalue weighted by Gasteiger charge is -1.99. The highest BCUT2D eigenvalue weighted by atomic mass is 15.3. The Balaban J connectivity index is 1.80. The summed E-state index contributed by atoms with van der Waals surface area (Å²) in [5.74, 6) is 1.93. The largest absolute Gasteiger partial charge is 0.384 e. The number of nitrogens with zero attached hydrogens (tertiary/aromatic N) is 2. The van der Waals surface area contributed by atoms with Gasteiger partial charge in [-0.3, -0.25) is 4.68 Å².